The zero-order valence-electron chi connectivity index (χ0n) is 16.1. The lowest BCUT2D eigenvalue weighted by molar-refractivity contribution is -0.135. The molecular formula is C20H29N3O4. The quantitative estimate of drug-likeness (QED) is 0.824. The second kappa shape index (κ2) is 8.97. The Balaban J connectivity index is 1.36. The first-order chi connectivity index (χ1) is 13.0. The molecule has 0 aromatic heterocycles. The number of nitrogens with one attached hydrogen (secondary N) is 2. The van der Waals surface area contributed by atoms with Crippen molar-refractivity contribution < 1.29 is 19.1 Å². The molecule has 0 saturated carbocycles. The summed E-state index contributed by atoms with van der Waals surface area (Å²) in [6.07, 6.45) is 2.33. The van der Waals surface area contributed by atoms with Crippen molar-refractivity contribution in [3.05, 3.63) is 23.8 Å². The highest BCUT2D eigenvalue weighted by Crippen LogP contribution is 2.30. The molecule has 0 spiro atoms. The molecular weight excluding hydrogens is 346 g/mol. The topological polar surface area (TPSA) is 79.9 Å². The number of rotatable bonds is 5. The van der Waals surface area contributed by atoms with Crippen molar-refractivity contribution in [2.75, 3.05) is 32.8 Å². The molecule has 3 rings (SSSR count). The number of carbonyl (C=O) groups excluding carboxylic acids is 2. The number of nitrogens with zero attached hydrogens (tertiary/aromatic N) is 1. The minimum Gasteiger partial charge on any atom is -0.486 e. The lowest BCUT2D eigenvalue weighted by Crippen LogP contribution is -2.50. The van der Waals surface area contributed by atoms with E-state index in [0.29, 0.717) is 32.8 Å². The summed E-state index contributed by atoms with van der Waals surface area (Å²) in [5.74, 6) is 1.76. The number of carbonyl (C=O) groups is 2. The highest BCUT2D eigenvalue weighted by Gasteiger charge is 2.25. The maximum atomic E-state index is 12.1. The molecule has 3 amide bonds. The maximum absolute atomic E-state index is 12.1. The molecule has 148 valence electrons. The Kier molecular flexibility index (Phi) is 6.42. The molecule has 2 aliphatic heterocycles. The van der Waals surface area contributed by atoms with E-state index in [2.05, 4.69) is 10.6 Å². The van der Waals surface area contributed by atoms with Crippen LogP contribution in [0.3, 0.4) is 0 Å². The predicted octanol–water partition coefficient (Wildman–Crippen LogP) is 1.95. The van der Waals surface area contributed by atoms with Crippen LogP contribution in [0.4, 0.5) is 4.79 Å². The van der Waals surface area contributed by atoms with Gasteiger partial charge >= 0.3 is 6.03 Å². The van der Waals surface area contributed by atoms with Crippen LogP contribution in [0, 0.1) is 5.92 Å². The Bertz CT molecular complexity index is 669. The zero-order valence-corrected chi connectivity index (χ0v) is 16.1. The molecule has 27 heavy (non-hydrogen) atoms. The van der Waals surface area contributed by atoms with Crippen LogP contribution in [0.5, 0.6) is 11.5 Å². The summed E-state index contributed by atoms with van der Waals surface area (Å²) >= 11 is 0. The second-order valence-corrected chi connectivity index (χ2v) is 7.38. The van der Waals surface area contributed by atoms with Crippen LogP contribution >= 0.6 is 0 Å². The van der Waals surface area contributed by atoms with E-state index in [1.807, 2.05) is 36.9 Å². The summed E-state index contributed by atoms with van der Waals surface area (Å²) < 4.78 is 11.1. The normalized spacial score (nSPS) is 16.9. The van der Waals surface area contributed by atoms with Gasteiger partial charge in [0, 0.05) is 31.6 Å². The number of urea groups is 1. The minimum atomic E-state index is -0.152. The molecule has 0 radical (unpaired) electrons. The molecule has 2 N–H and O–H groups in total. The van der Waals surface area contributed by atoms with E-state index in [-0.39, 0.29) is 23.9 Å². The molecule has 1 aromatic rings. The number of piperidine rings is 1. The molecule has 0 bridgehead atoms. The van der Waals surface area contributed by atoms with Crippen molar-refractivity contribution in [1.29, 1.82) is 0 Å². The summed E-state index contributed by atoms with van der Waals surface area (Å²) in [5, 5.41) is 5.92. The van der Waals surface area contributed by atoms with E-state index in [4.69, 9.17) is 9.47 Å². The van der Waals surface area contributed by atoms with E-state index >= 15 is 0 Å². The summed E-state index contributed by atoms with van der Waals surface area (Å²) in [6.45, 7) is 6.95. The summed E-state index contributed by atoms with van der Waals surface area (Å²) in [7, 11) is 0. The number of amides is 3. The van der Waals surface area contributed by atoms with Crippen LogP contribution in [-0.4, -0.2) is 55.7 Å². The van der Waals surface area contributed by atoms with E-state index in [9.17, 15) is 9.59 Å². The highest BCUT2D eigenvalue weighted by atomic mass is 16.6. The monoisotopic (exact) mass is 375 g/mol. The first kappa shape index (κ1) is 19.3. The van der Waals surface area contributed by atoms with Gasteiger partial charge in [-0.1, -0.05) is 19.9 Å². The van der Waals surface area contributed by atoms with Gasteiger partial charge in [0.2, 0.25) is 5.91 Å². The van der Waals surface area contributed by atoms with E-state index in [1.54, 1.807) is 0 Å². The third kappa shape index (κ3) is 5.28. The standard InChI is InChI=1S/C20H29N3O4/c1-14(2)19(24)23-9-6-16(7-10-23)22-20(25)21-8-5-15-3-4-17-18(13-15)27-12-11-26-17/h3-4,13-14,16H,5-12H2,1-2H3,(H2,21,22,25). The second-order valence-electron chi connectivity index (χ2n) is 7.38. The van der Waals surface area contributed by atoms with Crippen LogP contribution in [0.15, 0.2) is 18.2 Å². The fraction of sp³-hybridized carbons (Fsp3) is 0.600. The SMILES string of the molecule is CC(C)C(=O)N1CCC(NC(=O)NCCc2ccc3c(c2)OCCO3)CC1. The van der Waals surface area contributed by atoms with Gasteiger partial charge in [0.1, 0.15) is 13.2 Å². The number of hydrogen-bond acceptors (Lipinski definition) is 4. The molecule has 1 fully saturated rings. The van der Waals surface area contributed by atoms with Gasteiger partial charge in [0.05, 0.1) is 0 Å². The maximum Gasteiger partial charge on any atom is 0.315 e. The zero-order chi connectivity index (χ0) is 19.2. The van der Waals surface area contributed by atoms with E-state index < -0.39 is 0 Å². The summed E-state index contributed by atoms with van der Waals surface area (Å²) in [6, 6.07) is 5.84. The smallest absolute Gasteiger partial charge is 0.315 e. The van der Waals surface area contributed by atoms with Crippen LogP contribution in [0.25, 0.3) is 0 Å². The molecule has 0 aliphatic carbocycles. The van der Waals surface area contributed by atoms with Crippen LogP contribution in [-0.2, 0) is 11.2 Å². The van der Waals surface area contributed by atoms with Crippen molar-refractivity contribution in [1.82, 2.24) is 15.5 Å². The van der Waals surface area contributed by atoms with Gasteiger partial charge in [0.15, 0.2) is 11.5 Å². The van der Waals surface area contributed by atoms with Crippen molar-refractivity contribution >= 4 is 11.9 Å². The average molecular weight is 375 g/mol. The third-order valence-corrected chi connectivity index (χ3v) is 4.94. The largest absolute Gasteiger partial charge is 0.486 e. The van der Waals surface area contributed by atoms with Gasteiger partial charge in [-0.05, 0) is 37.0 Å². The van der Waals surface area contributed by atoms with E-state index in [1.165, 1.54) is 0 Å². The van der Waals surface area contributed by atoms with Crippen molar-refractivity contribution in [3.8, 4) is 11.5 Å². The van der Waals surface area contributed by atoms with E-state index in [0.717, 1.165) is 36.3 Å². The lowest BCUT2D eigenvalue weighted by atomic mass is 10.0. The van der Waals surface area contributed by atoms with Crippen LogP contribution < -0.4 is 20.1 Å². The fourth-order valence-electron chi connectivity index (χ4n) is 3.41. The molecule has 1 aromatic carbocycles. The van der Waals surface area contributed by atoms with Gasteiger partial charge in [0.25, 0.3) is 0 Å². The molecule has 0 unspecified atom stereocenters. The van der Waals surface area contributed by atoms with Gasteiger partial charge in [-0.15, -0.1) is 0 Å². The highest BCUT2D eigenvalue weighted by molar-refractivity contribution is 5.78. The van der Waals surface area contributed by atoms with Gasteiger partial charge < -0.3 is 25.0 Å². The summed E-state index contributed by atoms with van der Waals surface area (Å²) in [4.78, 5) is 26.0. The van der Waals surface area contributed by atoms with Gasteiger partial charge in [-0.2, -0.15) is 0 Å². The average Bonchev–Trinajstić information content (AvgIpc) is 2.68. The first-order valence-electron chi connectivity index (χ1n) is 9.74. The molecule has 7 heteroatoms. The minimum absolute atomic E-state index is 0.0263. The Morgan fingerprint density at radius 2 is 1.85 bits per heavy atom. The Morgan fingerprint density at radius 1 is 1.15 bits per heavy atom. The van der Waals surface area contributed by atoms with Crippen LogP contribution in [0.1, 0.15) is 32.3 Å². The number of hydrogen-bond donors (Lipinski definition) is 2. The number of ether oxygens (including phenoxy) is 2. The molecule has 2 aliphatic rings. The number of likely N-dealkylation sites (tertiary alicyclic amines) is 1. The lowest BCUT2D eigenvalue weighted by Gasteiger charge is -2.33. The number of fused-ring (bicyclic) bond motifs is 1. The van der Waals surface area contributed by atoms with Gasteiger partial charge in [-0.3, -0.25) is 4.79 Å². The van der Waals surface area contributed by atoms with Gasteiger partial charge in [-0.25, -0.2) is 4.79 Å². The Morgan fingerprint density at radius 3 is 2.56 bits per heavy atom. The van der Waals surface area contributed by atoms with Crippen molar-refractivity contribution in [2.45, 2.75) is 39.2 Å². The van der Waals surface area contributed by atoms with Crippen molar-refractivity contribution in [3.63, 3.8) is 0 Å². The summed E-state index contributed by atoms with van der Waals surface area (Å²) in [5.41, 5.74) is 1.10. The van der Waals surface area contributed by atoms with Crippen molar-refractivity contribution in [2.24, 2.45) is 5.92 Å². The van der Waals surface area contributed by atoms with Crippen LogP contribution in [0.2, 0.25) is 0 Å². The fourth-order valence-corrected chi connectivity index (χ4v) is 3.41. The Hall–Kier alpha value is -2.44. The Labute approximate surface area is 160 Å². The molecule has 0 atom stereocenters. The molecule has 2 heterocycles. The third-order valence-electron chi connectivity index (χ3n) is 4.94. The predicted molar refractivity (Wildman–Crippen MR) is 102 cm³/mol. The molecule has 1 saturated heterocycles. The first-order valence-corrected chi connectivity index (χ1v) is 9.74. The molecule has 7 nitrogen and oxygen atoms in total. The number of benzene rings is 1.